The molecule has 1 N–H and O–H groups in total. The molecule has 0 fully saturated rings. The van der Waals surface area contributed by atoms with Gasteiger partial charge in [0.15, 0.2) is 0 Å². The van der Waals surface area contributed by atoms with Crippen molar-refractivity contribution in [2.75, 3.05) is 19.9 Å². The monoisotopic (exact) mass is 283 g/mol. The van der Waals surface area contributed by atoms with Crippen molar-refractivity contribution in [2.45, 2.75) is 38.0 Å². The van der Waals surface area contributed by atoms with Gasteiger partial charge in [-0.1, -0.05) is 25.5 Å². The lowest BCUT2D eigenvalue weighted by molar-refractivity contribution is 0.414. The predicted octanol–water partition coefficient (Wildman–Crippen LogP) is 2.89. The number of ether oxygens (including phenoxy) is 1. The summed E-state index contributed by atoms with van der Waals surface area (Å²) in [5.74, 6) is 1.63. The van der Waals surface area contributed by atoms with Crippen molar-refractivity contribution in [2.24, 2.45) is 0 Å². The molecule has 4 heteroatoms. The maximum atomic E-state index is 12.2. The van der Waals surface area contributed by atoms with E-state index in [9.17, 15) is 4.21 Å². The minimum absolute atomic E-state index is 0.102. The van der Waals surface area contributed by atoms with Crippen LogP contribution in [-0.2, 0) is 10.8 Å². The second-order valence-corrected chi connectivity index (χ2v) is 6.60. The molecule has 0 radical (unpaired) electrons. The molecule has 3 atom stereocenters. The first kappa shape index (κ1) is 16.2. The first-order valence-corrected chi connectivity index (χ1v) is 8.20. The van der Waals surface area contributed by atoms with Gasteiger partial charge in [-0.2, -0.15) is 0 Å². The molecule has 1 aromatic carbocycles. The molecular formula is C15H25NO2S. The highest BCUT2D eigenvalue weighted by molar-refractivity contribution is 7.85. The van der Waals surface area contributed by atoms with Crippen molar-refractivity contribution < 1.29 is 8.95 Å². The summed E-state index contributed by atoms with van der Waals surface area (Å²) in [4.78, 5) is 0. The zero-order valence-electron chi connectivity index (χ0n) is 12.3. The Morgan fingerprint density at radius 3 is 2.42 bits per heavy atom. The van der Waals surface area contributed by atoms with Crippen molar-refractivity contribution in [1.29, 1.82) is 0 Å². The molecule has 0 bridgehead atoms. The van der Waals surface area contributed by atoms with Gasteiger partial charge in [0.1, 0.15) is 5.75 Å². The van der Waals surface area contributed by atoms with Crippen LogP contribution in [-0.4, -0.2) is 29.4 Å². The first-order valence-electron chi connectivity index (χ1n) is 6.82. The number of methoxy groups -OCH3 is 1. The zero-order chi connectivity index (χ0) is 14.3. The molecule has 0 aliphatic heterocycles. The summed E-state index contributed by atoms with van der Waals surface area (Å²) in [6, 6.07) is 8.08. The highest BCUT2D eigenvalue weighted by atomic mass is 32.2. The fourth-order valence-corrected chi connectivity index (χ4v) is 3.65. The Bertz CT molecular complexity index is 392. The Morgan fingerprint density at radius 2 is 1.95 bits per heavy atom. The summed E-state index contributed by atoms with van der Waals surface area (Å²) >= 11 is 0. The number of nitrogens with one attached hydrogen (secondary N) is 1. The Kier molecular flexibility index (Phi) is 7.10. The van der Waals surface area contributed by atoms with E-state index in [1.165, 1.54) is 0 Å². The lowest BCUT2D eigenvalue weighted by Crippen LogP contribution is -2.31. The van der Waals surface area contributed by atoms with Crippen molar-refractivity contribution >= 4 is 10.8 Å². The molecule has 3 unspecified atom stereocenters. The molecular weight excluding hydrogens is 258 g/mol. The number of hydrogen-bond donors (Lipinski definition) is 1. The van der Waals surface area contributed by atoms with Crippen LogP contribution in [0.5, 0.6) is 5.75 Å². The second kappa shape index (κ2) is 8.33. The third kappa shape index (κ3) is 4.62. The van der Waals surface area contributed by atoms with Gasteiger partial charge in [0, 0.05) is 22.6 Å². The van der Waals surface area contributed by atoms with Gasteiger partial charge in [-0.3, -0.25) is 4.21 Å². The average molecular weight is 283 g/mol. The quantitative estimate of drug-likeness (QED) is 0.797. The van der Waals surface area contributed by atoms with Gasteiger partial charge >= 0.3 is 0 Å². The van der Waals surface area contributed by atoms with E-state index in [1.807, 2.05) is 31.3 Å². The van der Waals surface area contributed by atoms with Crippen LogP contribution in [0.3, 0.4) is 0 Å². The molecule has 0 saturated carbocycles. The van der Waals surface area contributed by atoms with E-state index >= 15 is 0 Å². The largest absolute Gasteiger partial charge is 0.497 e. The molecule has 0 heterocycles. The third-order valence-corrected chi connectivity index (χ3v) is 5.16. The van der Waals surface area contributed by atoms with Gasteiger partial charge < -0.3 is 10.1 Å². The molecule has 1 rings (SSSR count). The summed E-state index contributed by atoms with van der Waals surface area (Å²) in [7, 11) is 2.78. The van der Waals surface area contributed by atoms with E-state index in [2.05, 4.69) is 19.2 Å². The van der Waals surface area contributed by atoms with Crippen molar-refractivity contribution in [1.82, 2.24) is 5.32 Å². The smallest absolute Gasteiger partial charge is 0.118 e. The van der Waals surface area contributed by atoms with Crippen LogP contribution in [0, 0.1) is 0 Å². The summed E-state index contributed by atoms with van der Waals surface area (Å²) in [5, 5.41) is 3.38. The Morgan fingerprint density at radius 1 is 1.32 bits per heavy atom. The maximum Gasteiger partial charge on any atom is 0.118 e. The molecule has 19 heavy (non-hydrogen) atoms. The number of rotatable bonds is 8. The van der Waals surface area contributed by atoms with Gasteiger partial charge in [0.25, 0.3) is 0 Å². The summed E-state index contributed by atoms with van der Waals surface area (Å²) < 4.78 is 17.4. The SMILES string of the molecule is CCCCS(=O)C(C)C(NC)c1ccc(OC)cc1. The number of hydrogen-bond acceptors (Lipinski definition) is 3. The van der Waals surface area contributed by atoms with Crippen LogP contribution in [0.4, 0.5) is 0 Å². The van der Waals surface area contributed by atoms with Crippen LogP contribution >= 0.6 is 0 Å². The van der Waals surface area contributed by atoms with E-state index in [0.29, 0.717) is 0 Å². The van der Waals surface area contributed by atoms with Crippen LogP contribution in [0.25, 0.3) is 0 Å². The van der Waals surface area contributed by atoms with Crippen molar-refractivity contribution in [3.05, 3.63) is 29.8 Å². The van der Waals surface area contributed by atoms with Gasteiger partial charge in [-0.15, -0.1) is 0 Å². The highest BCUT2D eigenvalue weighted by Gasteiger charge is 2.22. The molecule has 0 saturated heterocycles. The molecule has 0 aromatic heterocycles. The van der Waals surface area contributed by atoms with E-state index in [-0.39, 0.29) is 11.3 Å². The molecule has 1 aromatic rings. The van der Waals surface area contributed by atoms with Crippen LogP contribution in [0.2, 0.25) is 0 Å². The van der Waals surface area contributed by atoms with Crippen LogP contribution in [0.15, 0.2) is 24.3 Å². The Labute approximate surface area is 119 Å². The summed E-state index contributed by atoms with van der Waals surface area (Å²) in [5.41, 5.74) is 1.15. The van der Waals surface area contributed by atoms with E-state index in [0.717, 1.165) is 29.9 Å². The van der Waals surface area contributed by atoms with Gasteiger partial charge in [0.05, 0.1) is 12.4 Å². The zero-order valence-corrected chi connectivity index (χ0v) is 13.1. The Balaban J connectivity index is 2.77. The summed E-state index contributed by atoms with van der Waals surface area (Å²) in [6.45, 7) is 4.18. The molecule has 0 amide bonds. The van der Waals surface area contributed by atoms with E-state index in [4.69, 9.17) is 4.74 Å². The van der Waals surface area contributed by atoms with E-state index < -0.39 is 10.8 Å². The minimum atomic E-state index is -0.796. The Hall–Kier alpha value is -0.870. The second-order valence-electron chi connectivity index (χ2n) is 4.68. The molecule has 108 valence electrons. The average Bonchev–Trinajstić information content (AvgIpc) is 2.46. The lowest BCUT2D eigenvalue weighted by Gasteiger charge is -2.23. The fraction of sp³-hybridized carbons (Fsp3) is 0.600. The van der Waals surface area contributed by atoms with Crippen molar-refractivity contribution in [3.63, 3.8) is 0 Å². The molecule has 0 aliphatic carbocycles. The predicted molar refractivity (Wildman–Crippen MR) is 82.2 cm³/mol. The fourth-order valence-electron chi connectivity index (χ4n) is 2.11. The minimum Gasteiger partial charge on any atom is -0.497 e. The first-order chi connectivity index (χ1) is 9.13. The maximum absolute atomic E-state index is 12.2. The highest BCUT2D eigenvalue weighted by Crippen LogP contribution is 2.23. The van der Waals surface area contributed by atoms with E-state index in [1.54, 1.807) is 7.11 Å². The molecule has 0 spiro atoms. The van der Waals surface area contributed by atoms with Gasteiger partial charge in [-0.05, 0) is 38.1 Å². The summed E-state index contributed by atoms with van der Waals surface area (Å²) in [6.07, 6.45) is 2.11. The molecule has 3 nitrogen and oxygen atoms in total. The lowest BCUT2D eigenvalue weighted by atomic mass is 10.0. The van der Waals surface area contributed by atoms with Gasteiger partial charge in [-0.25, -0.2) is 0 Å². The third-order valence-electron chi connectivity index (χ3n) is 3.37. The number of benzene rings is 1. The standard InChI is InChI=1S/C15H25NO2S/c1-5-6-11-19(17)12(2)15(16-3)13-7-9-14(18-4)10-8-13/h7-10,12,15-16H,5-6,11H2,1-4H3. The van der Waals surface area contributed by atoms with Gasteiger partial charge in [0.2, 0.25) is 0 Å². The van der Waals surface area contributed by atoms with Crippen LogP contribution in [0.1, 0.15) is 38.3 Å². The topological polar surface area (TPSA) is 38.3 Å². The number of unbranched alkanes of at least 4 members (excludes halogenated alkanes) is 1. The molecule has 0 aliphatic rings. The normalized spacial score (nSPS) is 15.8. The van der Waals surface area contributed by atoms with Crippen molar-refractivity contribution in [3.8, 4) is 5.75 Å². The van der Waals surface area contributed by atoms with Crippen LogP contribution < -0.4 is 10.1 Å².